The van der Waals surface area contributed by atoms with Crippen molar-refractivity contribution in [3.8, 4) is 5.75 Å². The largest absolute Gasteiger partial charge is 0.496 e. The number of rotatable bonds is 4. The molecule has 1 atom stereocenters. The third-order valence-electron chi connectivity index (χ3n) is 5.31. The van der Waals surface area contributed by atoms with Gasteiger partial charge in [-0.3, -0.25) is 4.79 Å². The van der Waals surface area contributed by atoms with Crippen LogP contribution in [0.1, 0.15) is 41.6 Å². The molecule has 1 unspecified atom stereocenters. The predicted octanol–water partition coefficient (Wildman–Crippen LogP) is 4.55. The van der Waals surface area contributed by atoms with Gasteiger partial charge in [-0.05, 0) is 37.1 Å². The lowest BCUT2D eigenvalue weighted by molar-refractivity contribution is 0.0631. The molecule has 2 aliphatic rings. The Hall–Kier alpha value is -2.75. The number of amides is 1. The van der Waals surface area contributed by atoms with Gasteiger partial charge in [-0.2, -0.15) is 0 Å². The molecule has 0 bridgehead atoms. The van der Waals surface area contributed by atoms with Crippen LogP contribution in [0.4, 0.5) is 5.69 Å². The third-order valence-corrected chi connectivity index (χ3v) is 5.31. The molecule has 1 heterocycles. The normalized spacial score (nSPS) is 20.3. The molecule has 1 fully saturated rings. The first-order chi connectivity index (χ1) is 12.8. The topological polar surface area (TPSA) is 41.6 Å². The summed E-state index contributed by atoms with van der Waals surface area (Å²) in [6.45, 7) is 0. The average Bonchev–Trinajstić information content (AvgIpc) is 3.21. The molecule has 2 aromatic carbocycles. The van der Waals surface area contributed by atoms with Crippen molar-refractivity contribution < 1.29 is 9.53 Å². The van der Waals surface area contributed by atoms with E-state index in [-0.39, 0.29) is 12.1 Å². The van der Waals surface area contributed by atoms with E-state index in [0.29, 0.717) is 6.04 Å². The van der Waals surface area contributed by atoms with Crippen molar-refractivity contribution in [3.63, 3.8) is 0 Å². The van der Waals surface area contributed by atoms with Gasteiger partial charge in [0.25, 0.3) is 5.91 Å². The quantitative estimate of drug-likeness (QED) is 0.882. The van der Waals surface area contributed by atoms with E-state index in [9.17, 15) is 4.79 Å². The Kier molecular flexibility index (Phi) is 4.65. The van der Waals surface area contributed by atoms with Crippen molar-refractivity contribution in [2.24, 2.45) is 0 Å². The number of hydrogen-bond donors (Lipinski definition) is 1. The van der Waals surface area contributed by atoms with Crippen molar-refractivity contribution in [2.45, 2.75) is 37.9 Å². The van der Waals surface area contributed by atoms with Crippen LogP contribution in [0.5, 0.6) is 5.75 Å². The van der Waals surface area contributed by atoms with E-state index in [4.69, 9.17) is 4.74 Å². The highest BCUT2D eigenvalue weighted by atomic mass is 16.5. The molecule has 2 aromatic rings. The molecule has 26 heavy (non-hydrogen) atoms. The molecule has 4 nitrogen and oxygen atoms in total. The van der Waals surface area contributed by atoms with Crippen molar-refractivity contribution in [2.75, 3.05) is 12.4 Å². The number of para-hydroxylation sites is 2. The first-order valence-corrected chi connectivity index (χ1v) is 9.27. The van der Waals surface area contributed by atoms with Crippen LogP contribution in [-0.4, -0.2) is 30.1 Å². The summed E-state index contributed by atoms with van der Waals surface area (Å²) in [5, 5.41) is 3.54. The summed E-state index contributed by atoms with van der Waals surface area (Å²) in [5.74, 6) is 0.958. The zero-order chi connectivity index (χ0) is 17.9. The summed E-state index contributed by atoms with van der Waals surface area (Å²) in [6, 6.07) is 16.0. The summed E-state index contributed by atoms with van der Waals surface area (Å²) in [4.78, 5) is 15.2. The zero-order valence-corrected chi connectivity index (χ0v) is 15.0. The number of carbonyl (C=O) groups excluding carboxylic acids is 1. The van der Waals surface area contributed by atoms with Crippen LogP contribution in [0.3, 0.4) is 0 Å². The smallest absolute Gasteiger partial charge is 0.258 e. The van der Waals surface area contributed by atoms with Gasteiger partial charge in [-0.15, -0.1) is 0 Å². The number of fused-ring (bicyclic) bond motifs is 1. The second-order valence-electron chi connectivity index (χ2n) is 6.89. The van der Waals surface area contributed by atoms with Crippen LogP contribution in [0.15, 0.2) is 54.6 Å². The summed E-state index contributed by atoms with van der Waals surface area (Å²) in [5.41, 5.74) is 2.68. The maximum absolute atomic E-state index is 13.2. The Morgan fingerprint density at radius 1 is 1.08 bits per heavy atom. The molecule has 1 aliphatic heterocycles. The highest BCUT2D eigenvalue weighted by Gasteiger charge is 2.36. The lowest BCUT2D eigenvalue weighted by Gasteiger charge is -2.40. The van der Waals surface area contributed by atoms with Crippen molar-refractivity contribution in [1.82, 2.24) is 4.90 Å². The van der Waals surface area contributed by atoms with Gasteiger partial charge >= 0.3 is 0 Å². The Morgan fingerprint density at radius 2 is 1.81 bits per heavy atom. The van der Waals surface area contributed by atoms with Crippen LogP contribution in [0, 0.1) is 0 Å². The summed E-state index contributed by atoms with van der Waals surface area (Å²) in [7, 11) is 1.68. The predicted molar refractivity (Wildman–Crippen MR) is 104 cm³/mol. The Balaban J connectivity index is 1.68. The molecule has 0 radical (unpaired) electrons. The van der Waals surface area contributed by atoms with E-state index in [1.54, 1.807) is 7.11 Å². The van der Waals surface area contributed by atoms with Gasteiger partial charge in [0.05, 0.1) is 12.7 Å². The molecule has 0 saturated heterocycles. The SMILES string of the molecule is COc1ccccc1C=CC1Nc2ccccc2C(=O)N1C1CCCC1. The van der Waals surface area contributed by atoms with E-state index in [0.717, 1.165) is 35.4 Å². The second kappa shape index (κ2) is 7.24. The highest BCUT2D eigenvalue weighted by Crippen LogP contribution is 2.33. The van der Waals surface area contributed by atoms with E-state index in [1.807, 2.05) is 59.5 Å². The van der Waals surface area contributed by atoms with Crippen LogP contribution >= 0.6 is 0 Å². The van der Waals surface area contributed by atoms with E-state index in [2.05, 4.69) is 11.4 Å². The molecule has 1 saturated carbocycles. The molecule has 0 aromatic heterocycles. The minimum absolute atomic E-state index is 0.126. The van der Waals surface area contributed by atoms with E-state index >= 15 is 0 Å². The summed E-state index contributed by atoms with van der Waals surface area (Å²) in [6.07, 6.45) is 8.51. The van der Waals surface area contributed by atoms with Gasteiger partial charge in [0.1, 0.15) is 11.9 Å². The van der Waals surface area contributed by atoms with Gasteiger partial charge in [0.15, 0.2) is 0 Å². The van der Waals surface area contributed by atoms with Crippen LogP contribution in [-0.2, 0) is 0 Å². The molecule has 0 spiro atoms. The second-order valence-corrected chi connectivity index (χ2v) is 6.89. The number of carbonyl (C=O) groups is 1. The Labute approximate surface area is 154 Å². The maximum Gasteiger partial charge on any atom is 0.258 e. The molecule has 1 aliphatic carbocycles. The third kappa shape index (κ3) is 3.07. The lowest BCUT2D eigenvalue weighted by atomic mass is 10.0. The molecule has 134 valence electrons. The van der Waals surface area contributed by atoms with Crippen molar-refractivity contribution in [3.05, 3.63) is 65.7 Å². The first-order valence-electron chi connectivity index (χ1n) is 9.27. The Morgan fingerprint density at radius 3 is 2.62 bits per heavy atom. The number of nitrogens with zero attached hydrogens (tertiary/aromatic N) is 1. The monoisotopic (exact) mass is 348 g/mol. The molecule has 4 rings (SSSR count). The zero-order valence-electron chi connectivity index (χ0n) is 15.0. The number of anilines is 1. The lowest BCUT2D eigenvalue weighted by Crippen LogP contribution is -2.52. The van der Waals surface area contributed by atoms with Crippen molar-refractivity contribution in [1.29, 1.82) is 0 Å². The molecular formula is C22H24N2O2. The van der Waals surface area contributed by atoms with Crippen LogP contribution in [0.25, 0.3) is 6.08 Å². The van der Waals surface area contributed by atoms with Crippen LogP contribution in [0.2, 0.25) is 0 Å². The van der Waals surface area contributed by atoms with Gasteiger partial charge in [0.2, 0.25) is 0 Å². The summed E-state index contributed by atoms with van der Waals surface area (Å²) < 4.78 is 5.44. The number of hydrogen-bond acceptors (Lipinski definition) is 3. The van der Waals surface area contributed by atoms with E-state index < -0.39 is 0 Å². The van der Waals surface area contributed by atoms with Gasteiger partial charge in [-0.1, -0.05) is 49.2 Å². The number of ether oxygens (including phenoxy) is 1. The fourth-order valence-corrected chi connectivity index (χ4v) is 4.00. The van der Waals surface area contributed by atoms with Gasteiger partial charge in [-0.25, -0.2) is 0 Å². The molecular weight excluding hydrogens is 324 g/mol. The summed E-state index contributed by atoms with van der Waals surface area (Å²) >= 11 is 0. The molecule has 4 heteroatoms. The minimum Gasteiger partial charge on any atom is -0.496 e. The first kappa shape index (κ1) is 16.7. The number of benzene rings is 2. The highest BCUT2D eigenvalue weighted by molar-refractivity contribution is 6.02. The number of nitrogens with one attached hydrogen (secondary N) is 1. The van der Waals surface area contributed by atoms with Crippen molar-refractivity contribution >= 4 is 17.7 Å². The standard InChI is InChI=1S/C22H24N2O2/c1-26-20-13-7-2-8-16(20)14-15-21-23-19-12-6-5-11-18(19)22(25)24(21)17-9-3-4-10-17/h2,5-8,11-15,17,21,23H,3-4,9-10H2,1H3. The maximum atomic E-state index is 13.2. The number of methoxy groups -OCH3 is 1. The van der Waals surface area contributed by atoms with Crippen LogP contribution < -0.4 is 10.1 Å². The van der Waals surface area contributed by atoms with E-state index in [1.165, 1.54) is 12.8 Å². The van der Waals surface area contributed by atoms with Gasteiger partial charge in [0, 0.05) is 17.3 Å². The van der Waals surface area contributed by atoms with Gasteiger partial charge < -0.3 is 15.0 Å². The fourth-order valence-electron chi connectivity index (χ4n) is 4.00. The molecule has 1 amide bonds. The fraction of sp³-hybridized carbons (Fsp3) is 0.318. The minimum atomic E-state index is -0.148. The average molecular weight is 348 g/mol. The molecule has 1 N–H and O–H groups in total. The Bertz CT molecular complexity index is 824.